The van der Waals surface area contributed by atoms with Gasteiger partial charge in [-0.25, -0.2) is 4.39 Å². The van der Waals surface area contributed by atoms with E-state index < -0.39 is 0 Å². The Morgan fingerprint density at radius 1 is 1.35 bits per heavy atom. The number of rotatable bonds is 3. The van der Waals surface area contributed by atoms with Crippen molar-refractivity contribution in [3.8, 4) is 0 Å². The molecule has 0 aliphatic heterocycles. The predicted molar refractivity (Wildman–Crippen MR) is 78.6 cm³/mol. The lowest BCUT2D eigenvalue weighted by atomic mass is 9.70. The fraction of sp³-hybridized carbons (Fsp3) is 0.647. The highest BCUT2D eigenvalue weighted by molar-refractivity contribution is 5.46. The zero-order chi connectivity index (χ0) is 14.5. The van der Waals surface area contributed by atoms with Gasteiger partial charge in [0.1, 0.15) is 5.82 Å². The van der Waals surface area contributed by atoms with Crippen LogP contribution in [0.25, 0.3) is 0 Å². The molecule has 0 aromatic heterocycles. The third-order valence-electron chi connectivity index (χ3n) is 6.26. The van der Waals surface area contributed by atoms with E-state index in [0.29, 0.717) is 23.8 Å². The quantitative estimate of drug-likeness (QED) is 0.843. The highest BCUT2D eigenvalue weighted by Gasteiger charge is 2.61. The second kappa shape index (κ2) is 4.45. The van der Waals surface area contributed by atoms with E-state index in [0.717, 1.165) is 17.9 Å². The van der Waals surface area contributed by atoms with Crippen LogP contribution in [-0.4, -0.2) is 6.10 Å². The lowest BCUT2D eigenvalue weighted by molar-refractivity contribution is -0.0548. The van der Waals surface area contributed by atoms with Gasteiger partial charge in [0.05, 0.1) is 12.7 Å². The van der Waals surface area contributed by atoms with Gasteiger partial charge in [0.25, 0.3) is 0 Å². The summed E-state index contributed by atoms with van der Waals surface area (Å²) in [6.45, 7) is 7.59. The minimum Gasteiger partial charge on any atom is -0.398 e. The van der Waals surface area contributed by atoms with Gasteiger partial charge in [-0.3, -0.25) is 0 Å². The average molecular weight is 277 g/mol. The normalized spacial score (nSPS) is 34.6. The maximum absolute atomic E-state index is 13.1. The number of halogens is 1. The first kappa shape index (κ1) is 13.9. The number of nitrogen functional groups attached to an aromatic ring is 1. The van der Waals surface area contributed by atoms with Gasteiger partial charge in [-0.05, 0) is 48.1 Å². The monoisotopic (exact) mass is 277 g/mol. The van der Waals surface area contributed by atoms with E-state index in [2.05, 4.69) is 20.8 Å². The summed E-state index contributed by atoms with van der Waals surface area (Å²) in [7, 11) is 0. The highest BCUT2D eigenvalue weighted by atomic mass is 19.1. The summed E-state index contributed by atoms with van der Waals surface area (Å²) in [5, 5.41) is 0. The van der Waals surface area contributed by atoms with Crippen molar-refractivity contribution in [1.29, 1.82) is 0 Å². The summed E-state index contributed by atoms with van der Waals surface area (Å²) in [4.78, 5) is 0. The van der Waals surface area contributed by atoms with Gasteiger partial charge in [-0.15, -0.1) is 0 Å². The maximum Gasteiger partial charge on any atom is 0.125 e. The van der Waals surface area contributed by atoms with E-state index in [-0.39, 0.29) is 11.2 Å². The molecule has 0 heterocycles. The number of nitrogens with two attached hydrogens (primary N) is 1. The van der Waals surface area contributed by atoms with Crippen molar-refractivity contribution in [3.63, 3.8) is 0 Å². The van der Waals surface area contributed by atoms with E-state index in [1.54, 1.807) is 6.07 Å². The summed E-state index contributed by atoms with van der Waals surface area (Å²) in [6.07, 6.45) is 4.00. The number of anilines is 1. The van der Waals surface area contributed by atoms with Crippen LogP contribution in [0.2, 0.25) is 0 Å². The van der Waals surface area contributed by atoms with Gasteiger partial charge >= 0.3 is 0 Å². The Labute approximate surface area is 120 Å². The first-order valence-corrected chi connectivity index (χ1v) is 7.50. The Morgan fingerprint density at radius 2 is 2.10 bits per heavy atom. The molecule has 0 spiro atoms. The molecule has 2 bridgehead atoms. The Bertz CT molecular complexity index is 528. The zero-order valence-electron chi connectivity index (χ0n) is 12.6. The Balaban J connectivity index is 1.71. The lowest BCUT2D eigenvalue weighted by Gasteiger charge is -2.39. The van der Waals surface area contributed by atoms with Crippen molar-refractivity contribution >= 4 is 5.69 Å². The average Bonchev–Trinajstić information content (AvgIpc) is 2.70. The van der Waals surface area contributed by atoms with Crippen molar-refractivity contribution in [1.82, 2.24) is 0 Å². The fourth-order valence-electron chi connectivity index (χ4n) is 4.27. The summed E-state index contributed by atoms with van der Waals surface area (Å²) in [6, 6.07) is 4.54. The number of hydrogen-bond acceptors (Lipinski definition) is 2. The molecule has 3 heteroatoms. The van der Waals surface area contributed by atoms with Crippen molar-refractivity contribution in [2.45, 2.75) is 52.7 Å². The topological polar surface area (TPSA) is 35.2 Å². The summed E-state index contributed by atoms with van der Waals surface area (Å²) >= 11 is 0. The molecule has 3 unspecified atom stereocenters. The molecule has 0 saturated heterocycles. The second-order valence-corrected chi connectivity index (χ2v) is 7.25. The molecule has 1 aromatic rings. The molecule has 3 rings (SSSR count). The summed E-state index contributed by atoms with van der Waals surface area (Å²) < 4.78 is 19.2. The second-order valence-electron chi connectivity index (χ2n) is 7.25. The minimum atomic E-state index is -0.292. The van der Waals surface area contributed by atoms with E-state index in [4.69, 9.17) is 10.5 Å². The largest absolute Gasteiger partial charge is 0.398 e. The predicted octanol–water partition coefficient (Wildman–Crippen LogP) is 4.14. The van der Waals surface area contributed by atoms with Crippen molar-refractivity contribution in [3.05, 3.63) is 29.6 Å². The van der Waals surface area contributed by atoms with Crippen LogP contribution < -0.4 is 5.73 Å². The molecule has 2 aliphatic carbocycles. The molecule has 110 valence electrons. The first-order chi connectivity index (χ1) is 9.34. The molecular weight excluding hydrogens is 253 g/mol. The fourth-order valence-corrected chi connectivity index (χ4v) is 4.27. The van der Waals surface area contributed by atoms with Crippen molar-refractivity contribution < 1.29 is 9.13 Å². The third kappa shape index (κ3) is 1.86. The Morgan fingerprint density at radius 3 is 2.65 bits per heavy atom. The standard InChI is InChI=1S/C17H24FNO/c1-16(2)12-6-7-17(16,3)15(8-12)20-10-11-4-5-13(18)9-14(11)19/h4-5,9,12,15H,6-8,10,19H2,1-3H3. The van der Waals surface area contributed by atoms with E-state index in [1.165, 1.54) is 25.0 Å². The number of fused-ring (bicyclic) bond motifs is 2. The number of ether oxygens (including phenoxy) is 1. The molecule has 2 aliphatic rings. The van der Waals surface area contributed by atoms with Gasteiger partial charge in [-0.1, -0.05) is 26.8 Å². The molecule has 1 aromatic carbocycles. The van der Waals surface area contributed by atoms with E-state index >= 15 is 0 Å². The van der Waals surface area contributed by atoms with Crippen LogP contribution in [0.15, 0.2) is 18.2 Å². The van der Waals surface area contributed by atoms with E-state index in [1.807, 2.05) is 0 Å². The van der Waals surface area contributed by atoms with Crippen LogP contribution in [0.3, 0.4) is 0 Å². The van der Waals surface area contributed by atoms with Gasteiger partial charge < -0.3 is 10.5 Å². The molecule has 20 heavy (non-hydrogen) atoms. The van der Waals surface area contributed by atoms with Gasteiger partial charge in [0.2, 0.25) is 0 Å². The highest BCUT2D eigenvalue weighted by Crippen LogP contribution is 2.66. The SMILES string of the molecule is CC1(C)C2CCC1(C)C(OCc1ccc(F)cc1N)C2. The lowest BCUT2D eigenvalue weighted by Crippen LogP contribution is -2.37. The smallest absolute Gasteiger partial charge is 0.125 e. The van der Waals surface area contributed by atoms with Crippen LogP contribution in [0.4, 0.5) is 10.1 Å². The minimum absolute atomic E-state index is 0.256. The summed E-state index contributed by atoms with van der Waals surface area (Å²) in [5.74, 6) is 0.474. The van der Waals surface area contributed by atoms with Crippen molar-refractivity contribution in [2.24, 2.45) is 16.7 Å². The molecule has 2 nitrogen and oxygen atoms in total. The van der Waals surface area contributed by atoms with Gasteiger partial charge in [0.15, 0.2) is 0 Å². The van der Waals surface area contributed by atoms with E-state index in [9.17, 15) is 4.39 Å². The van der Waals surface area contributed by atoms with Gasteiger partial charge in [-0.2, -0.15) is 0 Å². The third-order valence-corrected chi connectivity index (χ3v) is 6.26. The number of hydrogen-bond donors (Lipinski definition) is 1. The van der Waals surface area contributed by atoms with Crippen LogP contribution in [0.1, 0.15) is 45.6 Å². The molecule has 2 N–H and O–H groups in total. The Hall–Kier alpha value is -1.09. The first-order valence-electron chi connectivity index (χ1n) is 7.50. The maximum atomic E-state index is 13.1. The molecule has 0 amide bonds. The van der Waals surface area contributed by atoms with Gasteiger partial charge in [0, 0.05) is 11.3 Å². The molecule has 2 fully saturated rings. The number of benzene rings is 1. The van der Waals surface area contributed by atoms with Crippen LogP contribution >= 0.6 is 0 Å². The molecule has 3 atom stereocenters. The molecule has 2 saturated carbocycles. The Kier molecular flexibility index (Phi) is 3.09. The molecular formula is C17H24FNO. The zero-order valence-corrected chi connectivity index (χ0v) is 12.6. The van der Waals surface area contributed by atoms with Crippen LogP contribution in [-0.2, 0) is 11.3 Å². The van der Waals surface area contributed by atoms with Crippen molar-refractivity contribution in [2.75, 3.05) is 5.73 Å². The summed E-state index contributed by atoms with van der Waals surface area (Å²) in [5.41, 5.74) is 7.83. The van der Waals surface area contributed by atoms with Crippen LogP contribution in [0, 0.1) is 22.6 Å². The van der Waals surface area contributed by atoms with Crippen LogP contribution in [0.5, 0.6) is 0 Å². The molecule has 0 radical (unpaired) electrons.